The van der Waals surface area contributed by atoms with Gasteiger partial charge < -0.3 is 22.3 Å². The van der Waals surface area contributed by atoms with E-state index in [-0.39, 0.29) is 5.41 Å². The first kappa shape index (κ1) is 22.0. The Balaban J connectivity index is 2.39. The van der Waals surface area contributed by atoms with Gasteiger partial charge in [-0.3, -0.25) is 0 Å². The molecule has 1 aliphatic carbocycles. The summed E-state index contributed by atoms with van der Waals surface area (Å²) in [6, 6.07) is 19.5. The van der Waals surface area contributed by atoms with Gasteiger partial charge in [0.2, 0.25) is 0 Å². The Morgan fingerprint density at radius 2 is 1.03 bits per heavy atom. The molecular weight excluding hydrogens is 358 g/mol. The highest BCUT2D eigenvalue weighted by atomic mass is 16.3. The lowest BCUT2D eigenvalue weighted by molar-refractivity contribution is -0.183. The van der Waals surface area contributed by atoms with E-state index >= 15 is 0 Å². The van der Waals surface area contributed by atoms with Crippen LogP contribution in [0.4, 0.5) is 0 Å². The lowest BCUT2D eigenvalue weighted by Gasteiger charge is -2.71. The molecule has 4 atom stereocenters. The van der Waals surface area contributed by atoms with Crippen molar-refractivity contribution in [2.24, 2.45) is 28.0 Å². The molecule has 3 rings (SSSR count). The molecular formula is C25H37N3O. The van der Waals surface area contributed by atoms with Crippen LogP contribution in [0, 0.1) is 10.8 Å². The first-order valence-electron chi connectivity index (χ1n) is 10.4. The average molecular weight is 396 g/mol. The zero-order chi connectivity index (χ0) is 21.9. The van der Waals surface area contributed by atoms with Crippen molar-refractivity contribution in [3.8, 4) is 0 Å². The number of benzene rings is 2. The maximum atomic E-state index is 12.6. The Bertz CT molecular complexity index is 832. The van der Waals surface area contributed by atoms with Gasteiger partial charge in [-0.15, -0.1) is 0 Å². The molecule has 0 saturated heterocycles. The van der Waals surface area contributed by atoms with Crippen LogP contribution in [-0.4, -0.2) is 21.7 Å². The predicted molar refractivity (Wildman–Crippen MR) is 120 cm³/mol. The van der Waals surface area contributed by atoms with Crippen LogP contribution < -0.4 is 17.2 Å². The van der Waals surface area contributed by atoms with Gasteiger partial charge in [-0.1, -0.05) is 81.4 Å². The maximum Gasteiger partial charge on any atom is 0.122 e. The van der Waals surface area contributed by atoms with Crippen LogP contribution in [0.2, 0.25) is 0 Å². The number of nitrogens with two attached hydrogens (primary N) is 3. The molecule has 158 valence electrons. The molecule has 4 heteroatoms. The molecule has 29 heavy (non-hydrogen) atoms. The zero-order valence-electron chi connectivity index (χ0n) is 18.7. The van der Waals surface area contributed by atoms with Gasteiger partial charge in [-0.2, -0.15) is 0 Å². The molecule has 0 amide bonds. The summed E-state index contributed by atoms with van der Waals surface area (Å²) < 4.78 is 0. The van der Waals surface area contributed by atoms with Crippen molar-refractivity contribution >= 4 is 0 Å². The Kier molecular flexibility index (Phi) is 4.84. The summed E-state index contributed by atoms with van der Waals surface area (Å²) in [6.45, 7) is 12.2. The van der Waals surface area contributed by atoms with E-state index < -0.39 is 27.6 Å². The van der Waals surface area contributed by atoms with Crippen LogP contribution >= 0.6 is 0 Å². The third-order valence-corrected chi connectivity index (χ3v) is 8.69. The first-order chi connectivity index (χ1) is 13.2. The second-order valence-corrected chi connectivity index (χ2v) is 10.4. The van der Waals surface area contributed by atoms with Gasteiger partial charge in [0.15, 0.2) is 0 Å². The van der Waals surface area contributed by atoms with Crippen molar-refractivity contribution in [2.75, 3.05) is 0 Å². The van der Waals surface area contributed by atoms with E-state index in [0.717, 1.165) is 11.1 Å². The molecule has 1 aliphatic rings. The van der Waals surface area contributed by atoms with Crippen molar-refractivity contribution < 1.29 is 5.11 Å². The first-order valence-corrected chi connectivity index (χ1v) is 10.4. The zero-order valence-corrected chi connectivity index (χ0v) is 18.7. The van der Waals surface area contributed by atoms with Gasteiger partial charge in [0, 0.05) is 22.0 Å². The molecule has 0 aliphatic heterocycles. The van der Waals surface area contributed by atoms with E-state index in [1.165, 1.54) is 0 Å². The molecule has 0 radical (unpaired) electrons. The summed E-state index contributed by atoms with van der Waals surface area (Å²) >= 11 is 0. The van der Waals surface area contributed by atoms with Crippen LogP contribution in [0.3, 0.4) is 0 Å². The highest BCUT2D eigenvalue weighted by Crippen LogP contribution is 2.64. The molecule has 0 spiro atoms. The molecule has 4 unspecified atom stereocenters. The minimum atomic E-state index is -1.35. The molecule has 1 saturated carbocycles. The number of rotatable bonds is 3. The summed E-state index contributed by atoms with van der Waals surface area (Å²) in [6.07, 6.45) is 0.604. The van der Waals surface area contributed by atoms with E-state index in [0.29, 0.717) is 6.42 Å². The van der Waals surface area contributed by atoms with Crippen molar-refractivity contribution in [1.82, 2.24) is 0 Å². The van der Waals surface area contributed by atoms with Crippen molar-refractivity contribution in [3.63, 3.8) is 0 Å². The molecule has 2 aromatic carbocycles. The van der Waals surface area contributed by atoms with Gasteiger partial charge >= 0.3 is 0 Å². The fraction of sp³-hybridized carbons (Fsp3) is 0.520. The lowest BCUT2D eigenvalue weighted by Crippen LogP contribution is -2.88. The van der Waals surface area contributed by atoms with E-state index in [2.05, 4.69) is 20.8 Å². The van der Waals surface area contributed by atoms with E-state index in [1.807, 2.05) is 81.4 Å². The fourth-order valence-electron chi connectivity index (χ4n) is 5.73. The van der Waals surface area contributed by atoms with Gasteiger partial charge in [0.25, 0.3) is 0 Å². The van der Waals surface area contributed by atoms with E-state index in [4.69, 9.17) is 17.2 Å². The molecule has 0 aromatic heterocycles. The maximum absolute atomic E-state index is 12.6. The Hall–Kier alpha value is -1.72. The molecule has 7 N–H and O–H groups in total. The largest absolute Gasteiger partial charge is 0.380 e. The van der Waals surface area contributed by atoms with Crippen LogP contribution in [0.1, 0.15) is 59.1 Å². The minimum Gasteiger partial charge on any atom is -0.380 e. The van der Waals surface area contributed by atoms with E-state index in [1.54, 1.807) is 0 Å². The summed E-state index contributed by atoms with van der Waals surface area (Å²) in [7, 11) is 0. The average Bonchev–Trinajstić information content (AvgIpc) is 2.66. The Labute approximate surface area is 175 Å². The highest BCUT2D eigenvalue weighted by Gasteiger charge is 2.73. The SMILES string of the molecule is CC1(C)CC(C)(C(O)(c2ccccc2)c2ccccc2)C(C)(N)C(C)(N)C1(C)N. The van der Waals surface area contributed by atoms with Gasteiger partial charge in [-0.05, 0) is 43.7 Å². The fourth-order valence-corrected chi connectivity index (χ4v) is 5.73. The highest BCUT2D eigenvalue weighted by molar-refractivity contribution is 5.44. The molecule has 4 nitrogen and oxygen atoms in total. The normalized spacial score (nSPS) is 37.3. The summed E-state index contributed by atoms with van der Waals surface area (Å²) in [4.78, 5) is 0. The quantitative estimate of drug-likeness (QED) is 0.639. The monoisotopic (exact) mass is 395 g/mol. The van der Waals surface area contributed by atoms with Crippen LogP contribution in [0.15, 0.2) is 60.7 Å². The number of aliphatic hydroxyl groups is 1. The molecule has 2 aromatic rings. The van der Waals surface area contributed by atoms with Crippen LogP contribution in [0.25, 0.3) is 0 Å². The predicted octanol–water partition coefficient (Wildman–Crippen LogP) is 3.51. The summed E-state index contributed by atoms with van der Waals surface area (Å²) in [5, 5.41) is 12.6. The Morgan fingerprint density at radius 1 is 0.655 bits per heavy atom. The third-order valence-electron chi connectivity index (χ3n) is 8.69. The van der Waals surface area contributed by atoms with Gasteiger partial charge in [0.1, 0.15) is 5.60 Å². The Morgan fingerprint density at radius 3 is 1.41 bits per heavy atom. The number of hydrogen-bond donors (Lipinski definition) is 4. The minimum absolute atomic E-state index is 0.373. The second-order valence-electron chi connectivity index (χ2n) is 10.4. The second kappa shape index (κ2) is 6.39. The van der Waals surface area contributed by atoms with Crippen molar-refractivity contribution in [3.05, 3.63) is 71.8 Å². The van der Waals surface area contributed by atoms with Crippen LogP contribution in [0.5, 0.6) is 0 Å². The summed E-state index contributed by atoms with van der Waals surface area (Å²) in [5.74, 6) is 0. The third kappa shape index (κ3) is 2.59. The molecule has 0 bridgehead atoms. The van der Waals surface area contributed by atoms with E-state index in [9.17, 15) is 5.11 Å². The van der Waals surface area contributed by atoms with Crippen LogP contribution in [-0.2, 0) is 5.60 Å². The topological polar surface area (TPSA) is 98.3 Å². The molecule has 1 fully saturated rings. The molecule has 0 heterocycles. The van der Waals surface area contributed by atoms with Crippen molar-refractivity contribution in [1.29, 1.82) is 0 Å². The van der Waals surface area contributed by atoms with Crippen molar-refractivity contribution in [2.45, 2.75) is 70.2 Å². The summed E-state index contributed by atoms with van der Waals surface area (Å²) in [5.41, 5.74) is 17.4. The van der Waals surface area contributed by atoms with Gasteiger partial charge in [-0.25, -0.2) is 0 Å². The number of hydrogen-bond acceptors (Lipinski definition) is 4. The smallest absolute Gasteiger partial charge is 0.122 e. The van der Waals surface area contributed by atoms with Gasteiger partial charge in [0.05, 0.1) is 0 Å². The standard InChI is InChI=1S/C25H37N3O/c1-20(2)17-21(3,23(5,27)24(6,28)22(20,4)26)25(29,18-13-9-7-10-14-18)19-15-11-8-12-16-19/h7-16,29H,17,26-28H2,1-6H3. The lowest BCUT2D eigenvalue weighted by atomic mass is 9.38.